The van der Waals surface area contributed by atoms with Gasteiger partial charge in [0.05, 0.1) is 5.69 Å². The van der Waals surface area contributed by atoms with Gasteiger partial charge in [-0.1, -0.05) is 6.92 Å². The van der Waals surface area contributed by atoms with E-state index in [1.807, 2.05) is 34.8 Å². The molecule has 2 unspecified atom stereocenters. The van der Waals surface area contributed by atoms with E-state index in [-0.39, 0.29) is 0 Å². The maximum absolute atomic E-state index is 4.44. The van der Waals surface area contributed by atoms with Gasteiger partial charge in [0.25, 0.3) is 0 Å². The van der Waals surface area contributed by atoms with Crippen LogP contribution in [-0.2, 0) is 0 Å². The molecule has 2 aromatic rings. The van der Waals surface area contributed by atoms with Gasteiger partial charge in [-0.25, -0.2) is 9.67 Å². The number of thioether (sulfide) groups is 1. The molecule has 1 aliphatic rings. The normalized spacial score (nSPS) is 23.2. The standard InChI is InChI=1S/C14H18N4S/c1-11-12(6-3-10-19-11)17-13-5-2-7-15-14(13)18-9-4-8-16-18/h2,4-5,7-9,11-12,17H,3,6,10H2,1H3. The van der Waals surface area contributed by atoms with Gasteiger partial charge in [0, 0.05) is 29.9 Å². The molecular weight excluding hydrogens is 256 g/mol. The Hall–Kier alpha value is -1.49. The van der Waals surface area contributed by atoms with Crippen molar-refractivity contribution in [2.75, 3.05) is 11.1 Å². The van der Waals surface area contributed by atoms with Gasteiger partial charge in [0.2, 0.25) is 0 Å². The lowest BCUT2D eigenvalue weighted by atomic mass is 10.1. The molecule has 0 radical (unpaired) electrons. The minimum atomic E-state index is 0.511. The number of nitrogens with zero attached hydrogens (tertiary/aromatic N) is 3. The number of pyridine rings is 1. The molecule has 2 atom stereocenters. The first-order chi connectivity index (χ1) is 9.34. The third kappa shape index (κ3) is 2.76. The van der Waals surface area contributed by atoms with E-state index in [0.717, 1.165) is 11.5 Å². The van der Waals surface area contributed by atoms with E-state index in [0.29, 0.717) is 11.3 Å². The SMILES string of the molecule is CC1SCCCC1Nc1cccnc1-n1cccn1. The number of hydrogen-bond donors (Lipinski definition) is 1. The summed E-state index contributed by atoms with van der Waals surface area (Å²) in [6, 6.07) is 6.47. The number of aromatic nitrogens is 3. The molecule has 1 aliphatic heterocycles. The molecule has 0 bridgehead atoms. The Morgan fingerprint density at radius 2 is 2.32 bits per heavy atom. The van der Waals surface area contributed by atoms with Gasteiger partial charge in [-0.15, -0.1) is 0 Å². The zero-order valence-corrected chi connectivity index (χ0v) is 11.8. The summed E-state index contributed by atoms with van der Waals surface area (Å²) in [6.45, 7) is 2.30. The average molecular weight is 274 g/mol. The van der Waals surface area contributed by atoms with Crippen molar-refractivity contribution in [3.05, 3.63) is 36.8 Å². The summed E-state index contributed by atoms with van der Waals surface area (Å²) in [7, 11) is 0. The summed E-state index contributed by atoms with van der Waals surface area (Å²) in [4.78, 5) is 4.44. The monoisotopic (exact) mass is 274 g/mol. The molecule has 2 aromatic heterocycles. The lowest BCUT2D eigenvalue weighted by molar-refractivity contribution is 0.616. The predicted molar refractivity (Wildman–Crippen MR) is 79.9 cm³/mol. The molecule has 19 heavy (non-hydrogen) atoms. The second kappa shape index (κ2) is 5.65. The van der Waals surface area contributed by atoms with Crippen LogP contribution in [0.15, 0.2) is 36.8 Å². The van der Waals surface area contributed by atoms with Gasteiger partial charge in [-0.2, -0.15) is 16.9 Å². The van der Waals surface area contributed by atoms with Crippen LogP contribution in [0, 0.1) is 0 Å². The maximum Gasteiger partial charge on any atom is 0.176 e. The second-order valence-electron chi connectivity index (χ2n) is 4.79. The van der Waals surface area contributed by atoms with Crippen molar-refractivity contribution in [2.45, 2.75) is 31.1 Å². The molecule has 0 aliphatic carbocycles. The van der Waals surface area contributed by atoms with Crippen LogP contribution in [0.5, 0.6) is 0 Å². The second-order valence-corrected chi connectivity index (χ2v) is 6.28. The van der Waals surface area contributed by atoms with Crippen LogP contribution >= 0.6 is 11.8 Å². The summed E-state index contributed by atoms with van der Waals surface area (Å²) in [5.74, 6) is 2.15. The topological polar surface area (TPSA) is 42.7 Å². The summed E-state index contributed by atoms with van der Waals surface area (Å²) in [6.07, 6.45) is 8.01. The molecule has 100 valence electrons. The van der Waals surface area contributed by atoms with Crippen molar-refractivity contribution in [3.8, 4) is 5.82 Å². The summed E-state index contributed by atoms with van der Waals surface area (Å²) in [5.41, 5.74) is 1.06. The van der Waals surface area contributed by atoms with E-state index >= 15 is 0 Å². The van der Waals surface area contributed by atoms with E-state index in [4.69, 9.17) is 0 Å². The van der Waals surface area contributed by atoms with Gasteiger partial charge in [-0.3, -0.25) is 0 Å². The molecule has 0 spiro atoms. The zero-order chi connectivity index (χ0) is 13.1. The highest BCUT2D eigenvalue weighted by molar-refractivity contribution is 8.00. The quantitative estimate of drug-likeness (QED) is 0.934. The van der Waals surface area contributed by atoms with Gasteiger partial charge in [-0.05, 0) is 36.8 Å². The van der Waals surface area contributed by atoms with Gasteiger partial charge in [0.1, 0.15) is 0 Å². The highest BCUT2D eigenvalue weighted by atomic mass is 32.2. The molecule has 1 saturated heterocycles. The number of hydrogen-bond acceptors (Lipinski definition) is 4. The smallest absolute Gasteiger partial charge is 0.176 e. The molecule has 0 amide bonds. The summed E-state index contributed by atoms with van der Waals surface area (Å²) < 4.78 is 1.81. The molecule has 3 rings (SSSR count). The number of rotatable bonds is 3. The number of nitrogens with one attached hydrogen (secondary N) is 1. The summed E-state index contributed by atoms with van der Waals surface area (Å²) >= 11 is 2.04. The van der Waals surface area contributed by atoms with E-state index in [1.165, 1.54) is 18.6 Å². The Morgan fingerprint density at radius 3 is 3.11 bits per heavy atom. The summed E-state index contributed by atoms with van der Waals surface area (Å²) in [5, 5.41) is 8.55. The average Bonchev–Trinajstić information content (AvgIpc) is 2.96. The highest BCUT2D eigenvalue weighted by Gasteiger charge is 2.22. The first-order valence-electron chi connectivity index (χ1n) is 6.68. The molecular formula is C14H18N4S. The molecule has 5 heteroatoms. The van der Waals surface area contributed by atoms with Crippen LogP contribution in [-0.4, -0.2) is 31.8 Å². The van der Waals surface area contributed by atoms with Crippen molar-refractivity contribution >= 4 is 17.4 Å². The lowest BCUT2D eigenvalue weighted by Crippen LogP contribution is -2.33. The fourth-order valence-electron chi connectivity index (χ4n) is 2.40. The Bertz CT molecular complexity index is 526. The lowest BCUT2D eigenvalue weighted by Gasteiger charge is -2.30. The predicted octanol–water partition coefficient (Wildman–Crippen LogP) is 2.96. The first-order valence-corrected chi connectivity index (χ1v) is 7.72. The van der Waals surface area contributed by atoms with Crippen LogP contribution in [0.25, 0.3) is 5.82 Å². The van der Waals surface area contributed by atoms with E-state index < -0.39 is 0 Å². The van der Waals surface area contributed by atoms with Gasteiger partial charge in [0.15, 0.2) is 5.82 Å². The maximum atomic E-state index is 4.44. The van der Waals surface area contributed by atoms with Crippen molar-refractivity contribution in [1.82, 2.24) is 14.8 Å². The molecule has 3 heterocycles. The van der Waals surface area contributed by atoms with Gasteiger partial charge < -0.3 is 5.32 Å². The van der Waals surface area contributed by atoms with Crippen LogP contribution in [0.2, 0.25) is 0 Å². The molecule has 4 nitrogen and oxygen atoms in total. The third-order valence-corrected chi connectivity index (χ3v) is 4.83. The van der Waals surface area contributed by atoms with E-state index in [9.17, 15) is 0 Å². The van der Waals surface area contributed by atoms with Crippen LogP contribution in [0.1, 0.15) is 19.8 Å². The van der Waals surface area contributed by atoms with Crippen LogP contribution < -0.4 is 5.32 Å². The third-order valence-electron chi connectivity index (χ3n) is 3.46. The van der Waals surface area contributed by atoms with Crippen molar-refractivity contribution in [2.24, 2.45) is 0 Å². The minimum Gasteiger partial charge on any atom is -0.378 e. The largest absolute Gasteiger partial charge is 0.378 e. The Morgan fingerprint density at radius 1 is 1.37 bits per heavy atom. The molecule has 0 aromatic carbocycles. The Labute approximate surface area is 117 Å². The Balaban J connectivity index is 1.84. The first kappa shape index (κ1) is 12.5. The Kier molecular flexibility index (Phi) is 3.73. The van der Waals surface area contributed by atoms with Gasteiger partial charge >= 0.3 is 0 Å². The van der Waals surface area contributed by atoms with Crippen molar-refractivity contribution in [3.63, 3.8) is 0 Å². The molecule has 1 fully saturated rings. The minimum absolute atomic E-state index is 0.511. The fourth-order valence-corrected chi connectivity index (χ4v) is 3.54. The number of anilines is 1. The zero-order valence-electron chi connectivity index (χ0n) is 11.0. The highest BCUT2D eigenvalue weighted by Crippen LogP contribution is 2.28. The molecule has 1 N–H and O–H groups in total. The molecule has 0 saturated carbocycles. The fraction of sp³-hybridized carbons (Fsp3) is 0.429. The van der Waals surface area contributed by atoms with Crippen LogP contribution in [0.4, 0.5) is 5.69 Å². The van der Waals surface area contributed by atoms with Crippen molar-refractivity contribution < 1.29 is 0 Å². The van der Waals surface area contributed by atoms with E-state index in [1.54, 1.807) is 12.4 Å². The van der Waals surface area contributed by atoms with Crippen LogP contribution in [0.3, 0.4) is 0 Å². The van der Waals surface area contributed by atoms with Crippen molar-refractivity contribution in [1.29, 1.82) is 0 Å². The van der Waals surface area contributed by atoms with E-state index in [2.05, 4.69) is 28.4 Å².